The smallest absolute Gasteiger partial charge is 0.293 e. The van der Waals surface area contributed by atoms with E-state index in [0.717, 1.165) is 11.8 Å². The summed E-state index contributed by atoms with van der Waals surface area (Å²) in [6.07, 6.45) is 6.23. The number of hydrogen-bond acceptors (Lipinski definition) is 3. The molecule has 1 aromatic carbocycles. The quantitative estimate of drug-likeness (QED) is 0.538. The first kappa shape index (κ1) is 12.3. The van der Waals surface area contributed by atoms with Gasteiger partial charge >= 0.3 is 0 Å². The second-order valence-corrected chi connectivity index (χ2v) is 4.59. The van der Waals surface area contributed by atoms with Gasteiger partial charge in [-0.15, -0.1) is 0 Å². The van der Waals surface area contributed by atoms with E-state index >= 15 is 0 Å². The predicted molar refractivity (Wildman–Crippen MR) is 76.5 cm³/mol. The Morgan fingerprint density at radius 1 is 1.15 bits per heavy atom. The van der Waals surface area contributed by atoms with Crippen LogP contribution in [-0.2, 0) is 13.0 Å². The lowest BCUT2D eigenvalue weighted by Crippen LogP contribution is -2.02. The van der Waals surface area contributed by atoms with Crippen molar-refractivity contribution >= 4 is 16.6 Å². The molecule has 3 aromatic rings. The van der Waals surface area contributed by atoms with Gasteiger partial charge in [0.05, 0.1) is 4.92 Å². The second-order valence-electron chi connectivity index (χ2n) is 4.59. The third-order valence-electron chi connectivity index (χ3n) is 3.35. The minimum atomic E-state index is -0.328. The fraction of sp³-hybridized carbons (Fsp3) is 0.133. The van der Waals surface area contributed by atoms with E-state index in [9.17, 15) is 10.1 Å². The second kappa shape index (κ2) is 5.13. The van der Waals surface area contributed by atoms with Crippen molar-refractivity contribution in [1.29, 1.82) is 0 Å². The third-order valence-corrected chi connectivity index (χ3v) is 3.35. The molecular weight excluding hydrogens is 254 g/mol. The molecule has 5 heteroatoms. The molecule has 0 saturated heterocycles. The maximum Gasteiger partial charge on any atom is 0.293 e. The van der Waals surface area contributed by atoms with Crippen LogP contribution in [0.3, 0.4) is 0 Å². The first-order valence-electron chi connectivity index (χ1n) is 6.37. The van der Waals surface area contributed by atoms with Crippen LogP contribution in [-0.4, -0.2) is 14.5 Å². The number of non-ortho nitro benzene ring substituents is 1. The van der Waals surface area contributed by atoms with E-state index in [1.54, 1.807) is 24.5 Å². The van der Waals surface area contributed by atoms with E-state index in [4.69, 9.17) is 0 Å². The molecule has 2 aromatic heterocycles. The number of hydrogen-bond donors (Lipinski definition) is 0. The Bertz CT molecular complexity index is 750. The Hall–Kier alpha value is -2.69. The Morgan fingerprint density at radius 3 is 2.70 bits per heavy atom. The highest BCUT2D eigenvalue weighted by molar-refractivity contribution is 5.88. The molecule has 20 heavy (non-hydrogen) atoms. The fourth-order valence-electron chi connectivity index (χ4n) is 2.37. The molecule has 2 heterocycles. The molecule has 3 rings (SSSR count). The summed E-state index contributed by atoms with van der Waals surface area (Å²) in [5.74, 6) is 0. The molecule has 0 aliphatic carbocycles. The van der Waals surface area contributed by atoms with Gasteiger partial charge in [0, 0.05) is 36.6 Å². The van der Waals surface area contributed by atoms with Gasteiger partial charge in [0.15, 0.2) is 0 Å². The van der Waals surface area contributed by atoms with Crippen LogP contribution in [0.4, 0.5) is 5.69 Å². The summed E-state index contributed by atoms with van der Waals surface area (Å²) in [6, 6.07) is 11.0. The van der Waals surface area contributed by atoms with Gasteiger partial charge in [-0.2, -0.15) is 0 Å². The van der Waals surface area contributed by atoms with Crippen molar-refractivity contribution in [1.82, 2.24) is 9.55 Å². The highest BCUT2D eigenvalue weighted by Gasteiger charge is 2.14. The van der Waals surface area contributed by atoms with Crippen LogP contribution in [0.1, 0.15) is 5.56 Å². The Balaban J connectivity index is 1.94. The van der Waals surface area contributed by atoms with Crippen molar-refractivity contribution in [3.05, 3.63) is 70.7 Å². The van der Waals surface area contributed by atoms with Crippen molar-refractivity contribution in [2.24, 2.45) is 0 Å². The molecule has 0 N–H and O–H groups in total. The highest BCUT2D eigenvalue weighted by atomic mass is 16.6. The zero-order valence-electron chi connectivity index (χ0n) is 10.8. The maximum absolute atomic E-state index is 11.1. The molecule has 0 fully saturated rings. The topological polar surface area (TPSA) is 61.0 Å². The van der Waals surface area contributed by atoms with Crippen LogP contribution < -0.4 is 0 Å². The fourth-order valence-corrected chi connectivity index (χ4v) is 2.37. The van der Waals surface area contributed by atoms with Gasteiger partial charge in [-0.05, 0) is 30.2 Å². The van der Waals surface area contributed by atoms with Gasteiger partial charge in [0.1, 0.15) is 5.52 Å². The molecule has 0 aliphatic heterocycles. The number of nitrogens with zero attached hydrogens (tertiary/aromatic N) is 3. The number of nitro benzene ring substituents is 1. The lowest BCUT2D eigenvalue weighted by Gasteiger charge is -2.06. The lowest BCUT2D eigenvalue weighted by molar-refractivity contribution is -0.383. The van der Waals surface area contributed by atoms with Crippen LogP contribution in [0.5, 0.6) is 0 Å². The first-order valence-corrected chi connectivity index (χ1v) is 6.37. The molecule has 0 radical (unpaired) electrons. The van der Waals surface area contributed by atoms with Gasteiger partial charge in [-0.3, -0.25) is 15.1 Å². The summed E-state index contributed by atoms with van der Waals surface area (Å²) in [7, 11) is 0. The Labute approximate surface area is 115 Å². The number of nitro groups is 1. The number of benzene rings is 1. The Morgan fingerprint density at radius 2 is 1.95 bits per heavy atom. The Kier molecular flexibility index (Phi) is 3.16. The van der Waals surface area contributed by atoms with Crippen molar-refractivity contribution in [2.45, 2.75) is 13.0 Å². The molecule has 0 amide bonds. The number of aromatic nitrogens is 2. The van der Waals surface area contributed by atoms with Gasteiger partial charge in [-0.25, -0.2) is 0 Å². The normalized spacial score (nSPS) is 10.8. The van der Waals surface area contributed by atoms with Crippen molar-refractivity contribution in [3.8, 4) is 0 Å². The average Bonchev–Trinajstić information content (AvgIpc) is 2.89. The molecule has 5 nitrogen and oxygen atoms in total. The van der Waals surface area contributed by atoms with E-state index in [0.29, 0.717) is 12.1 Å². The summed E-state index contributed by atoms with van der Waals surface area (Å²) >= 11 is 0. The molecule has 100 valence electrons. The number of fused-ring (bicyclic) bond motifs is 1. The van der Waals surface area contributed by atoms with E-state index in [1.165, 1.54) is 5.56 Å². The highest BCUT2D eigenvalue weighted by Crippen LogP contribution is 2.26. The van der Waals surface area contributed by atoms with Crippen LogP contribution in [0, 0.1) is 10.1 Å². The predicted octanol–water partition coefficient (Wildman–Crippen LogP) is 3.19. The maximum atomic E-state index is 11.1. The van der Waals surface area contributed by atoms with Gasteiger partial charge in [-0.1, -0.05) is 12.1 Å². The van der Waals surface area contributed by atoms with E-state index in [1.807, 2.05) is 35.0 Å². The molecule has 0 aliphatic rings. The van der Waals surface area contributed by atoms with Crippen molar-refractivity contribution in [3.63, 3.8) is 0 Å². The summed E-state index contributed by atoms with van der Waals surface area (Å²) in [5.41, 5.74) is 2.01. The van der Waals surface area contributed by atoms with Gasteiger partial charge in [0.25, 0.3) is 5.69 Å². The van der Waals surface area contributed by atoms with Gasteiger partial charge < -0.3 is 4.57 Å². The van der Waals surface area contributed by atoms with Crippen LogP contribution >= 0.6 is 0 Å². The molecule has 0 bridgehead atoms. The number of para-hydroxylation sites is 1. The molecule has 0 unspecified atom stereocenters. The monoisotopic (exact) mass is 267 g/mol. The van der Waals surface area contributed by atoms with Crippen molar-refractivity contribution < 1.29 is 4.92 Å². The van der Waals surface area contributed by atoms with Crippen LogP contribution in [0.15, 0.2) is 55.0 Å². The van der Waals surface area contributed by atoms with E-state index < -0.39 is 0 Å². The summed E-state index contributed by atoms with van der Waals surface area (Å²) < 4.78 is 1.94. The lowest BCUT2D eigenvalue weighted by atomic mass is 10.2. The minimum absolute atomic E-state index is 0.155. The van der Waals surface area contributed by atoms with Crippen LogP contribution in [0.25, 0.3) is 10.9 Å². The largest absolute Gasteiger partial charge is 0.342 e. The standard InChI is InChI=1S/C15H13N3O2/c19-18(20)14-3-1-2-13-7-11-17(15(13)14)10-6-12-4-8-16-9-5-12/h1-5,7-9,11H,6,10H2. The van der Waals surface area contributed by atoms with Crippen molar-refractivity contribution in [2.75, 3.05) is 0 Å². The SMILES string of the molecule is O=[N+]([O-])c1cccc2ccn(CCc3ccncc3)c12. The summed E-state index contributed by atoms with van der Waals surface area (Å²) in [5, 5.41) is 12.0. The van der Waals surface area contributed by atoms with Gasteiger partial charge in [0.2, 0.25) is 0 Å². The summed E-state index contributed by atoms with van der Waals surface area (Å²) in [6.45, 7) is 0.707. The summed E-state index contributed by atoms with van der Waals surface area (Å²) in [4.78, 5) is 14.8. The first-order chi connectivity index (χ1) is 9.75. The zero-order chi connectivity index (χ0) is 13.9. The van der Waals surface area contributed by atoms with Crippen LogP contribution in [0.2, 0.25) is 0 Å². The molecule has 0 saturated carbocycles. The number of pyridine rings is 1. The average molecular weight is 267 g/mol. The number of aryl methyl sites for hydroxylation is 2. The van der Waals surface area contributed by atoms with E-state index in [2.05, 4.69) is 4.98 Å². The van der Waals surface area contributed by atoms with E-state index in [-0.39, 0.29) is 10.6 Å². The third kappa shape index (κ3) is 2.25. The number of rotatable bonds is 4. The zero-order valence-corrected chi connectivity index (χ0v) is 10.8. The molecule has 0 atom stereocenters. The molecular formula is C15H13N3O2. The minimum Gasteiger partial charge on any atom is -0.342 e. The molecule has 0 spiro atoms.